The van der Waals surface area contributed by atoms with Crippen molar-refractivity contribution in [3.63, 3.8) is 0 Å². The van der Waals surface area contributed by atoms with Gasteiger partial charge in [0.2, 0.25) is 5.91 Å². The molecule has 0 spiro atoms. The van der Waals surface area contributed by atoms with E-state index in [0.29, 0.717) is 17.1 Å². The van der Waals surface area contributed by atoms with E-state index in [-0.39, 0.29) is 19.8 Å². The van der Waals surface area contributed by atoms with Crippen LogP contribution < -0.4 is 9.47 Å². The van der Waals surface area contributed by atoms with Gasteiger partial charge >= 0.3 is 11.9 Å². The molecule has 0 saturated carbocycles. The lowest BCUT2D eigenvalue weighted by molar-refractivity contribution is -0.188. The fourth-order valence-electron chi connectivity index (χ4n) is 3.57. The lowest BCUT2D eigenvalue weighted by Crippen LogP contribution is -2.68. The number of aliphatic hydroxyl groups is 1. The molecule has 1 aliphatic heterocycles. The van der Waals surface area contributed by atoms with E-state index in [9.17, 15) is 19.5 Å². The Kier molecular flexibility index (Phi) is 6.73. The molecule has 1 atom stereocenters. The van der Waals surface area contributed by atoms with E-state index >= 15 is 0 Å². The maximum atomic E-state index is 13.0. The van der Waals surface area contributed by atoms with Gasteiger partial charge in [-0.25, -0.2) is 9.59 Å². The third kappa shape index (κ3) is 3.74. The monoisotopic (exact) mass is 409 g/mol. The van der Waals surface area contributed by atoms with Gasteiger partial charge in [0.1, 0.15) is 17.1 Å². The summed E-state index contributed by atoms with van der Waals surface area (Å²) in [6.45, 7) is 4.13. The van der Waals surface area contributed by atoms with Gasteiger partial charge in [0.15, 0.2) is 0 Å². The smallest absolute Gasteiger partial charge is 0.347 e. The van der Waals surface area contributed by atoms with Crippen molar-refractivity contribution in [1.82, 2.24) is 4.90 Å². The number of nitrogens with zero attached hydrogens (tertiary/aromatic N) is 1. The van der Waals surface area contributed by atoms with Crippen LogP contribution in [0.3, 0.4) is 0 Å². The van der Waals surface area contributed by atoms with Crippen molar-refractivity contribution in [1.29, 1.82) is 0 Å². The van der Waals surface area contributed by atoms with E-state index in [1.165, 1.54) is 21.1 Å². The summed E-state index contributed by atoms with van der Waals surface area (Å²) in [6, 6.07) is 4.93. The summed E-state index contributed by atoms with van der Waals surface area (Å²) >= 11 is 0. The molecule has 1 aliphatic rings. The number of rotatable bonds is 8. The minimum absolute atomic E-state index is 0.0377. The van der Waals surface area contributed by atoms with Gasteiger partial charge in [-0.1, -0.05) is 0 Å². The summed E-state index contributed by atoms with van der Waals surface area (Å²) in [5, 5.41) is 11.0. The van der Waals surface area contributed by atoms with Crippen LogP contribution >= 0.6 is 0 Å². The molecule has 1 heterocycles. The topological polar surface area (TPSA) is 112 Å². The molecule has 1 aromatic carbocycles. The Balaban J connectivity index is 2.61. The number of hydrogen-bond donors (Lipinski definition) is 1. The number of carbonyl (C=O) groups is 3. The minimum Gasteiger partial charge on any atom is -0.497 e. The molecule has 0 bridgehead atoms. The molecule has 9 heteroatoms. The predicted molar refractivity (Wildman–Crippen MR) is 101 cm³/mol. The first-order valence-corrected chi connectivity index (χ1v) is 9.27. The van der Waals surface area contributed by atoms with Crippen molar-refractivity contribution in [2.24, 2.45) is 0 Å². The number of likely N-dealkylation sites (tertiary alicyclic amines) is 1. The predicted octanol–water partition coefficient (Wildman–Crippen LogP) is 1.05. The maximum Gasteiger partial charge on any atom is 0.347 e. The van der Waals surface area contributed by atoms with Crippen LogP contribution in [0.15, 0.2) is 18.2 Å². The second kappa shape index (κ2) is 8.69. The summed E-state index contributed by atoms with van der Waals surface area (Å²) < 4.78 is 20.7. The summed E-state index contributed by atoms with van der Waals surface area (Å²) in [5.74, 6) is -1.74. The SMILES string of the molecule is CCOC(=O)C1(C(=O)OCC)N(Cc2ccc(OC)cc2OC)C(=O)CC1(C)O. The fourth-order valence-corrected chi connectivity index (χ4v) is 3.57. The summed E-state index contributed by atoms with van der Waals surface area (Å²) in [7, 11) is 2.95. The molecule has 1 saturated heterocycles. The molecule has 0 aromatic heterocycles. The van der Waals surface area contributed by atoms with E-state index in [1.54, 1.807) is 32.0 Å². The third-order valence-corrected chi connectivity index (χ3v) is 4.95. The fraction of sp³-hybridized carbons (Fsp3) is 0.550. The first-order valence-electron chi connectivity index (χ1n) is 9.27. The van der Waals surface area contributed by atoms with Gasteiger partial charge in [-0.05, 0) is 32.9 Å². The number of carbonyl (C=O) groups excluding carboxylic acids is 3. The maximum absolute atomic E-state index is 13.0. The van der Waals surface area contributed by atoms with E-state index in [4.69, 9.17) is 18.9 Å². The van der Waals surface area contributed by atoms with Crippen LogP contribution in [0.25, 0.3) is 0 Å². The Labute approximate surface area is 169 Å². The Bertz CT molecular complexity index is 771. The van der Waals surface area contributed by atoms with Gasteiger partial charge < -0.3 is 29.0 Å². The molecule has 29 heavy (non-hydrogen) atoms. The Morgan fingerprint density at radius 2 is 1.69 bits per heavy atom. The van der Waals surface area contributed by atoms with Gasteiger partial charge in [0, 0.05) is 11.6 Å². The van der Waals surface area contributed by atoms with E-state index in [0.717, 1.165) is 4.90 Å². The van der Waals surface area contributed by atoms with Crippen LogP contribution in [-0.2, 0) is 30.4 Å². The van der Waals surface area contributed by atoms with Crippen molar-refractivity contribution in [3.8, 4) is 11.5 Å². The van der Waals surface area contributed by atoms with E-state index < -0.39 is 35.4 Å². The zero-order valence-electron chi connectivity index (χ0n) is 17.3. The molecule has 160 valence electrons. The van der Waals surface area contributed by atoms with Crippen LogP contribution in [0.2, 0.25) is 0 Å². The van der Waals surface area contributed by atoms with Crippen molar-refractivity contribution >= 4 is 17.8 Å². The second-order valence-electron chi connectivity index (χ2n) is 6.76. The molecule has 9 nitrogen and oxygen atoms in total. The first kappa shape index (κ1) is 22.5. The van der Waals surface area contributed by atoms with Gasteiger partial charge in [-0.15, -0.1) is 0 Å². The standard InChI is InChI=1S/C20H27NO8/c1-6-28-17(23)20(18(24)29-7-2)19(3,25)11-16(22)21(20)12-13-8-9-14(26-4)10-15(13)27-5/h8-10,25H,6-7,11-12H2,1-5H3. The highest BCUT2D eigenvalue weighted by Gasteiger charge is 2.71. The molecule has 1 N–H and O–H groups in total. The molecule has 1 amide bonds. The number of benzene rings is 1. The van der Waals surface area contributed by atoms with E-state index in [2.05, 4.69) is 0 Å². The quantitative estimate of drug-likeness (QED) is 0.501. The number of methoxy groups -OCH3 is 2. The number of hydrogen-bond acceptors (Lipinski definition) is 8. The molecule has 1 unspecified atom stereocenters. The second-order valence-corrected chi connectivity index (χ2v) is 6.76. The van der Waals surface area contributed by atoms with Gasteiger partial charge in [0.05, 0.1) is 40.4 Å². The zero-order valence-corrected chi connectivity index (χ0v) is 17.3. The third-order valence-electron chi connectivity index (χ3n) is 4.95. The Hall–Kier alpha value is -2.81. The molecule has 0 aliphatic carbocycles. The number of esters is 2. The molecule has 1 fully saturated rings. The number of ether oxygens (including phenoxy) is 4. The van der Waals surface area contributed by atoms with Crippen LogP contribution in [-0.4, -0.2) is 66.4 Å². The van der Waals surface area contributed by atoms with Crippen molar-refractivity contribution in [3.05, 3.63) is 23.8 Å². The summed E-state index contributed by atoms with van der Waals surface area (Å²) in [4.78, 5) is 39.8. The number of amides is 1. The Morgan fingerprint density at radius 3 is 2.17 bits per heavy atom. The molecular weight excluding hydrogens is 382 g/mol. The summed E-state index contributed by atoms with van der Waals surface area (Å²) in [5.41, 5.74) is -3.85. The lowest BCUT2D eigenvalue weighted by atomic mass is 9.81. The van der Waals surface area contributed by atoms with Crippen LogP contribution in [0.4, 0.5) is 0 Å². The largest absolute Gasteiger partial charge is 0.497 e. The highest BCUT2D eigenvalue weighted by Crippen LogP contribution is 2.43. The van der Waals surface area contributed by atoms with Gasteiger partial charge in [-0.3, -0.25) is 4.79 Å². The van der Waals surface area contributed by atoms with Crippen molar-refractivity contribution < 1.29 is 38.4 Å². The Morgan fingerprint density at radius 1 is 1.10 bits per heavy atom. The molecular formula is C20H27NO8. The lowest BCUT2D eigenvalue weighted by Gasteiger charge is -2.40. The summed E-state index contributed by atoms with van der Waals surface area (Å²) in [6.07, 6.45) is -0.441. The van der Waals surface area contributed by atoms with Crippen LogP contribution in [0.1, 0.15) is 32.8 Å². The van der Waals surface area contributed by atoms with Crippen molar-refractivity contribution in [2.75, 3.05) is 27.4 Å². The zero-order chi connectivity index (χ0) is 21.8. The van der Waals surface area contributed by atoms with Crippen molar-refractivity contribution in [2.45, 2.75) is 44.9 Å². The average molecular weight is 409 g/mol. The van der Waals surface area contributed by atoms with E-state index in [1.807, 2.05) is 0 Å². The molecule has 1 aromatic rings. The highest BCUT2D eigenvalue weighted by molar-refractivity contribution is 6.12. The van der Waals surface area contributed by atoms with Gasteiger partial charge in [-0.2, -0.15) is 0 Å². The van der Waals surface area contributed by atoms with Crippen LogP contribution in [0.5, 0.6) is 11.5 Å². The molecule has 0 radical (unpaired) electrons. The minimum atomic E-state index is -2.33. The van der Waals surface area contributed by atoms with Crippen LogP contribution in [0, 0.1) is 0 Å². The first-order chi connectivity index (χ1) is 13.7. The highest BCUT2D eigenvalue weighted by atomic mass is 16.6. The molecule has 2 rings (SSSR count). The van der Waals surface area contributed by atoms with Gasteiger partial charge in [0.25, 0.3) is 5.54 Å². The average Bonchev–Trinajstić information content (AvgIpc) is 2.87. The normalized spacial score (nSPS) is 20.3.